The van der Waals surface area contributed by atoms with Crippen molar-refractivity contribution in [2.45, 2.75) is 6.32 Å². The van der Waals surface area contributed by atoms with Crippen molar-refractivity contribution in [3.8, 4) is 0 Å². The van der Waals surface area contributed by atoms with Gasteiger partial charge in [-0.3, -0.25) is 0 Å². The summed E-state index contributed by atoms with van der Waals surface area (Å²) in [6, 6.07) is 8.49. The molecule has 0 saturated carbocycles. The minimum atomic E-state index is 1.12. The Balaban J connectivity index is 2.54. The van der Waals surface area contributed by atoms with Gasteiger partial charge in [0.1, 0.15) is 7.17 Å². The highest BCUT2D eigenvalue weighted by atomic mass is 13.9. The first-order valence-corrected chi connectivity index (χ1v) is 3.21. The molecule has 40 valence electrons. The van der Waals surface area contributed by atoms with Crippen LogP contribution < -0.4 is 5.46 Å². The quantitative estimate of drug-likeness (QED) is 0.419. The van der Waals surface area contributed by atoms with Crippen molar-refractivity contribution in [3.63, 3.8) is 0 Å². The van der Waals surface area contributed by atoms with Gasteiger partial charge in [-0.1, -0.05) is 41.6 Å². The van der Waals surface area contributed by atoms with Gasteiger partial charge in [-0.15, -0.1) is 0 Å². The van der Waals surface area contributed by atoms with Crippen LogP contribution in [0.3, 0.4) is 0 Å². The van der Waals surface area contributed by atoms with Crippen molar-refractivity contribution < 1.29 is 0 Å². The van der Waals surface area contributed by atoms with Crippen LogP contribution in [0, 0.1) is 0 Å². The van der Waals surface area contributed by atoms with Crippen LogP contribution in [0.25, 0.3) is 0 Å². The van der Waals surface area contributed by atoms with Crippen LogP contribution in [-0.2, 0) is 6.32 Å². The maximum absolute atomic E-state index is 2.20. The second-order valence-electron chi connectivity index (χ2n) is 2.31. The lowest BCUT2D eigenvalue weighted by atomic mass is 9.40. The Hall–Kier alpha value is -0.650. The lowest BCUT2D eigenvalue weighted by Crippen LogP contribution is -2.12. The number of fused-ring (bicyclic) bond motifs is 1. The first-order valence-electron chi connectivity index (χ1n) is 3.21. The number of hydrogen-bond donors (Lipinski definition) is 0. The molecule has 0 fully saturated rings. The molecule has 0 bridgehead atoms. The summed E-state index contributed by atoms with van der Waals surface area (Å²) in [5.74, 6) is 0. The van der Waals surface area contributed by atoms with Crippen LogP contribution in [0.1, 0.15) is 5.56 Å². The zero-order chi connectivity index (χ0) is 6.10. The predicted octanol–water partition coefficient (Wildman–Crippen LogP) is 0.149. The Morgan fingerprint density at radius 3 is 3.00 bits per heavy atom. The highest BCUT2D eigenvalue weighted by Crippen LogP contribution is 2.00. The van der Waals surface area contributed by atoms with Gasteiger partial charge in [0.05, 0.1) is 7.17 Å². The molecule has 1 aromatic rings. The van der Waals surface area contributed by atoms with Gasteiger partial charge in [0.25, 0.3) is 0 Å². The van der Waals surface area contributed by atoms with E-state index in [1.54, 1.807) is 0 Å². The Labute approximate surface area is 56.7 Å². The smallest absolute Gasteiger partial charge is 0.0948 e. The fraction of sp³-hybridized carbons (Fsp3) is 0.143. The van der Waals surface area contributed by atoms with E-state index in [1.165, 1.54) is 11.0 Å². The topological polar surface area (TPSA) is 0 Å². The fourth-order valence-electron chi connectivity index (χ4n) is 1.20. The van der Waals surface area contributed by atoms with Gasteiger partial charge >= 0.3 is 0 Å². The molecule has 0 amide bonds. The third-order valence-corrected chi connectivity index (χ3v) is 1.69. The Morgan fingerprint density at radius 1 is 1.22 bits per heavy atom. The fourth-order valence-corrected chi connectivity index (χ4v) is 1.20. The first-order chi connectivity index (χ1) is 4.47. The lowest BCUT2D eigenvalue weighted by molar-refractivity contribution is 1.45. The molecule has 1 aliphatic rings. The number of rotatable bonds is 0. The van der Waals surface area contributed by atoms with Gasteiger partial charge in [0.15, 0.2) is 0 Å². The standard InChI is InChI=1S/C7H6B2/c1-2-4-7-6(3-1)5-8-9-7/h1-4H,5H2. The van der Waals surface area contributed by atoms with Crippen LogP contribution in [0.5, 0.6) is 0 Å². The molecule has 0 N–H and O–H groups in total. The molecule has 0 aliphatic carbocycles. The van der Waals surface area contributed by atoms with E-state index >= 15 is 0 Å². The number of hydrogen-bond acceptors (Lipinski definition) is 0. The van der Waals surface area contributed by atoms with Gasteiger partial charge in [-0.05, 0) is 0 Å². The summed E-state index contributed by atoms with van der Waals surface area (Å²) < 4.78 is 0. The summed E-state index contributed by atoms with van der Waals surface area (Å²) in [7, 11) is 4.38. The highest BCUT2D eigenvalue weighted by Gasteiger charge is 2.09. The molecular weight excluding hydrogens is 106 g/mol. The summed E-state index contributed by atoms with van der Waals surface area (Å²) >= 11 is 0. The molecule has 0 atom stereocenters. The van der Waals surface area contributed by atoms with E-state index in [1.807, 2.05) is 0 Å². The van der Waals surface area contributed by atoms with Gasteiger partial charge in [0, 0.05) is 0 Å². The van der Waals surface area contributed by atoms with E-state index in [0.29, 0.717) is 0 Å². The lowest BCUT2D eigenvalue weighted by Gasteiger charge is -1.94. The summed E-state index contributed by atoms with van der Waals surface area (Å²) in [6.07, 6.45) is 1.12. The molecule has 9 heavy (non-hydrogen) atoms. The minimum absolute atomic E-state index is 1.12. The molecule has 0 nitrogen and oxygen atoms in total. The van der Waals surface area contributed by atoms with Crippen molar-refractivity contribution in [1.82, 2.24) is 0 Å². The first kappa shape index (κ1) is 5.16. The normalized spacial score (nSPS) is 13.8. The maximum atomic E-state index is 2.20. The maximum Gasteiger partial charge on any atom is 0.107 e. The van der Waals surface area contributed by atoms with Crippen molar-refractivity contribution in [1.29, 1.82) is 0 Å². The third kappa shape index (κ3) is 0.787. The van der Waals surface area contributed by atoms with Crippen LogP contribution >= 0.6 is 0 Å². The van der Waals surface area contributed by atoms with Crippen LogP contribution in [-0.4, -0.2) is 14.3 Å². The molecule has 0 unspecified atom stereocenters. The average molecular weight is 112 g/mol. The van der Waals surface area contributed by atoms with E-state index in [9.17, 15) is 0 Å². The summed E-state index contributed by atoms with van der Waals surface area (Å²) in [4.78, 5) is 0. The zero-order valence-electron chi connectivity index (χ0n) is 5.17. The molecule has 0 aromatic heterocycles. The highest BCUT2D eigenvalue weighted by molar-refractivity contribution is 7.09. The Bertz CT molecular complexity index is 197. The molecule has 1 aliphatic heterocycles. The van der Waals surface area contributed by atoms with E-state index in [0.717, 1.165) is 6.32 Å². The van der Waals surface area contributed by atoms with Crippen molar-refractivity contribution in [2.75, 3.05) is 0 Å². The van der Waals surface area contributed by atoms with Crippen molar-refractivity contribution in [2.24, 2.45) is 0 Å². The van der Waals surface area contributed by atoms with Crippen LogP contribution in [0.15, 0.2) is 24.3 Å². The third-order valence-electron chi connectivity index (χ3n) is 1.69. The van der Waals surface area contributed by atoms with Crippen LogP contribution in [0.4, 0.5) is 0 Å². The second kappa shape index (κ2) is 1.94. The van der Waals surface area contributed by atoms with Crippen molar-refractivity contribution in [3.05, 3.63) is 29.8 Å². The molecule has 1 aromatic carbocycles. The van der Waals surface area contributed by atoms with Crippen LogP contribution in [0.2, 0.25) is 0 Å². The van der Waals surface area contributed by atoms with Gasteiger partial charge in [0.2, 0.25) is 0 Å². The summed E-state index contributed by atoms with van der Waals surface area (Å²) in [6.45, 7) is 0. The second-order valence-corrected chi connectivity index (χ2v) is 2.31. The molecule has 0 saturated heterocycles. The monoisotopic (exact) mass is 112 g/mol. The van der Waals surface area contributed by atoms with Gasteiger partial charge < -0.3 is 0 Å². The SMILES string of the molecule is [B]1[B]c2ccccc2C1. The van der Waals surface area contributed by atoms with E-state index in [2.05, 4.69) is 38.6 Å². The molecular formula is C7H6B2. The summed E-state index contributed by atoms with van der Waals surface area (Å²) in [5, 5.41) is 0. The zero-order valence-corrected chi connectivity index (χ0v) is 5.17. The Morgan fingerprint density at radius 2 is 2.11 bits per heavy atom. The van der Waals surface area contributed by atoms with E-state index in [4.69, 9.17) is 0 Å². The average Bonchev–Trinajstić information content (AvgIpc) is 2.33. The van der Waals surface area contributed by atoms with Gasteiger partial charge in [-0.2, -0.15) is 0 Å². The molecule has 1 heterocycles. The van der Waals surface area contributed by atoms with E-state index < -0.39 is 0 Å². The summed E-state index contributed by atoms with van der Waals surface area (Å²) in [5.41, 5.74) is 2.84. The Kier molecular flexibility index (Phi) is 1.11. The molecule has 2 radical (unpaired) electrons. The molecule has 2 rings (SSSR count). The molecule has 2 heteroatoms. The van der Waals surface area contributed by atoms with E-state index in [-0.39, 0.29) is 0 Å². The minimum Gasteiger partial charge on any atom is -0.0948 e. The predicted molar refractivity (Wildman–Crippen MR) is 41.3 cm³/mol. The van der Waals surface area contributed by atoms with Crippen molar-refractivity contribution >= 4 is 19.8 Å². The number of benzene rings is 1. The van der Waals surface area contributed by atoms with Gasteiger partial charge in [-0.25, -0.2) is 0 Å². The molecule has 0 spiro atoms. The largest absolute Gasteiger partial charge is 0.107 e.